The third-order valence-corrected chi connectivity index (χ3v) is 5.33. The van der Waals surface area contributed by atoms with Gasteiger partial charge in [0, 0.05) is 38.3 Å². The molecule has 2 aliphatic heterocycles. The summed E-state index contributed by atoms with van der Waals surface area (Å²) in [6, 6.07) is 14.3. The summed E-state index contributed by atoms with van der Waals surface area (Å²) in [4.78, 5) is 17.1. The monoisotopic (exact) mass is 366 g/mol. The molecule has 2 heterocycles. The minimum atomic E-state index is 0.0641. The summed E-state index contributed by atoms with van der Waals surface area (Å²) >= 11 is 0. The second-order valence-corrected chi connectivity index (χ2v) is 7.53. The number of fused-ring (bicyclic) bond motifs is 1. The van der Waals surface area contributed by atoms with Crippen LogP contribution in [0.3, 0.4) is 0 Å². The van der Waals surface area contributed by atoms with E-state index in [-0.39, 0.29) is 12.7 Å². The summed E-state index contributed by atoms with van der Waals surface area (Å²) < 4.78 is 10.7. The van der Waals surface area contributed by atoms with Crippen molar-refractivity contribution in [1.29, 1.82) is 0 Å². The molecule has 1 saturated heterocycles. The second kappa shape index (κ2) is 7.61. The molecule has 2 aromatic rings. The van der Waals surface area contributed by atoms with Crippen LogP contribution in [-0.4, -0.2) is 48.7 Å². The van der Waals surface area contributed by atoms with Crippen molar-refractivity contribution in [3.63, 3.8) is 0 Å². The first-order valence-corrected chi connectivity index (χ1v) is 9.60. The Morgan fingerprint density at radius 3 is 2.37 bits per heavy atom. The minimum Gasteiger partial charge on any atom is -0.454 e. The van der Waals surface area contributed by atoms with Gasteiger partial charge in [0.05, 0.1) is 0 Å². The second-order valence-electron chi connectivity index (χ2n) is 7.53. The fourth-order valence-electron chi connectivity index (χ4n) is 3.59. The summed E-state index contributed by atoms with van der Waals surface area (Å²) in [5.41, 5.74) is 3.37. The zero-order chi connectivity index (χ0) is 18.8. The molecule has 0 spiro atoms. The number of carbonyl (C=O) groups excluding carboxylic acids is 1. The maximum atomic E-state index is 12.8. The van der Waals surface area contributed by atoms with Gasteiger partial charge in [0.1, 0.15) is 0 Å². The maximum Gasteiger partial charge on any atom is 0.254 e. The summed E-state index contributed by atoms with van der Waals surface area (Å²) in [5.74, 6) is 1.99. The lowest BCUT2D eigenvalue weighted by Gasteiger charge is -2.34. The van der Waals surface area contributed by atoms with Crippen LogP contribution < -0.4 is 9.47 Å². The Hall–Kier alpha value is -2.53. The number of amides is 1. The van der Waals surface area contributed by atoms with Crippen LogP contribution in [0.15, 0.2) is 42.5 Å². The van der Waals surface area contributed by atoms with Gasteiger partial charge in [-0.05, 0) is 35.2 Å². The number of nitrogens with zero attached hydrogens (tertiary/aromatic N) is 2. The van der Waals surface area contributed by atoms with Crippen LogP contribution in [0, 0.1) is 0 Å². The van der Waals surface area contributed by atoms with Gasteiger partial charge >= 0.3 is 0 Å². The minimum absolute atomic E-state index is 0.0641. The summed E-state index contributed by atoms with van der Waals surface area (Å²) in [6.07, 6.45) is 0. The normalized spacial score (nSPS) is 16.8. The zero-order valence-electron chi connectivity index (χ0n) is 16.0. The zero-order valence-corrected chi connectivity index (χ0v) is 16.0. The van der Waals surface area contributed by atoms with Gasteiger partial charge in [0.25, 0.3) is 5.91 Å². The Kier molecular flexibility index (Phi) is 5.03. The number of hydrogen-bond donors (Lipinski definition) is 0. The number of rotatable bonds is 4. The van der Waals surface area contributed by atoms with E-state index >= 15 is 0 Å². The highest BCUT2D eigenvalue weighted by Crippen LogP contribution is 2.32. The molecule has 4 rings (SSSR count). The molecule has 5 heteroatoms. The average Bonchev–Trinajstić information content (AvgIpc) is 3.16. The van der Waals surface area contributed by atoms with Crippen LogP contribution in [0.2, 0.25) is 0 Å². The third-order valence-electron chi connectivity index (χ3n) is 5.33. The van der Waals surface area contributed by atoms with Crippen molar-refractivity contribution in [3.8, 4) is 11.5 Å². The molecule has 0 unspecified atom stereocenters. The van der Waals surface area contributed by atoms with Crippen molar-refractivity contribution in [2.24, 2.45) is 0 Å². The SMILES string of the molecule is CC(C)c1ccc(CN2CCN(C(=O)c3ccc4c(c3)OCO4)CC2)cc1. The van der Waals surface area contributed by atoms with Crippen molar-refractivity contribution < 1.29 is 14.3 Å². The van der Waals surface area contributed by atoms with E-state index in [0.717, 1.165) is 32.7 Å². The molecule has 2 aromatic carbocycles. The van der Waals surface area contributed by atoms with E-state index < -0.39 is 0 Å². The molecule has 1 fully saturated rings. The van der Waals surface area contributed by atoms with Crippen molar-refractivity contribution in [2.45, 2.75) is 26.3 Å². The van der Waals surface area contributed by atoms with Crippen LogP contribution in [0.1, 0.15) is 41.3 Å². The highest BCUT2D eigenvalue weighted by molar-refractivity contribution is 5.95. The fourth-order valence-corrected chi connectivity index (χ4v) is 3.59. The molecule has 2 aliphatic rings. The Morgan fingerprint density at radius 1 is 0.963 bits per heavy atom. The molecule has 0 atom stereocenters. The van der Waals surface area contributed by atoms with Crippen molar-refractivity contribution in [1.82, 2.24) is 9.80 Å². The highest BCUT2D eigenvalue weighted by atomic mass is 16.7. The fraction of sp³-hybridized carbons (Fsp3) is 0.409. The number of piperazine rings is 1. The van der Waals surface area contributed by atoms with E-state index in [1.54, 1.807) is 6.07 Å². The van der Waals surface area contributed by atoms with Gasteiger partial charge in [-0.15, -0.1) is 0 Å². The third kappa shape index (κ3) is 3.93. The highest BCUT2D eigenvalue weighted by Gasteiger charge is 2.24. The van der Waals surface area contributed by atoms with Crippen molar-refractivity contribution in [3.05, 3.63) is 59.2 Å². The average molecular weight is 366 g/mol. The summed E-state index contributed by atoms with van der Waals surface area (Å²) in [6.45, 7) is 8.87. The van der Waals surface area contributed by atoms with Gasteiger partial charge in [-0.1, -0.05) is 38.1 Å². The topological polar surface area (TPSA) is 42.0 Å². The molecule has 0 aliphatic carbocycles. The predicted octanol–water partition coefficient (Wildman–Crippen LogP) is 3.50. The van der Waals surface area contributed by atoms with Crippen LogP contribution >= 0.6 is 0 Å². The molecule has 1 amide bonds. The van der Waals surface area contributed by atoms with Crippen molar-refractivity contribution in [2.75, 3.05) is 33.0 Å². The van der Waals surface area contributed by atoms with Crippen molar-refractivity contribution >= 4 is 5.91 Å². The Bertz CT molecular complexity index is 809. The first kappa shape index (κ1) is 17.9. The number of hydrogen-bond acceptors (Lipinski definition) is 4. The van der Waals surface area contributed by atoms with Gasteiger partial charge in [-0.25, -0.2) is 0 Å². The van der Waals surface area contributed by atoms with E-state index in [1.165, 1.54) is 11.1 Å². The Balaban J connectivity index is 1.32. The predicted molar refractivity (Wildman–Crippen MR) is 104 cm³/mol. The largest absolute Gasteiger partial charge is 0.454 e. The molecule has 142 valence electrons. The molecular weight excluding hydrogens is 340 g/mol. The molecule has 0 saturated carbocycles. The van der Waals surface area contributed by atoms with E-state index in [2.05, 4.69) is 43.0 Å². The smallest absolute Gasteiger partial charge is 0.254 e. The van der Waals surface area contributed by atoms with E-state index in [1.807, 2.05) is 17.0 Å². The lowest BCUT2D eigenvalue weighted by atomic mass is 10.0. The van der Waals surface area contributed by atoms with Crippen LogP contribution in [0.4, 0.5) is 0 Å². The molecular formula is C22H26N2O3. The van der Waals surface area contributed by atoms with Gasteiger partial charge in [0.2, 0.25) is 6.79 Å². The Labute approximate surface area is 160 Å². The molecule has 0 bridgehead atoms. The Morgan fingerprint density at radius 2 is 1.67 bits per heavy atom. The lowest BCUT2D eigenvalue weighted by Crippen LogP contribution is -2.48. The summed E-state index contributed by atoms with van der Waals surface area (Å²) in [7, 11) is 0. The molecule has 0 N–H and O–H groups in total. The molecule has 5 nitrogen and oxygen atoms in total. The summed E-state index contributed by atoms with van der Waals surface area (Å²) in [5, 5.41) is 0. The van der Waals surface area contributed by atoms with E-state index in [4.69, 9.17) is 9.47 Å². The number of carbonyl (C=O) groups is 1. The van der Waals surface area contributed by atoms with Gasteiger partial charge < -0.3 is 14.4 Å². The lowest BCUT2D eigenvalue weighted by molar-refractivity contribution is 0.0628. The van der Waals surface area contributed by atoms with Gasteiger partial charge in [0.15, 0.2) is 11.5 Å². The van der Waals surface area contributed by atoms with E-state index in [0.29, 0.717) is 23.0 Å². The van der Waals surface area contributed by atoms with Crippen LogP contribution in [0.25, 0.3) is 0 Å². The molecule has 0 radical (unpaired) electrons. The standard InChI is InChI=1S/C22H26N2O3/c1-16(2)18-5-3-17(4-6-18)14-23-9-11-24(12-10-23)22(25)19-7-8-20-21(13-19)27-15-26-20/h3-8,13,16H,9-12,14-15H2,1-2H3. The first-order chi connectivity index (χ1) is 13.1. The first-order valence-electron chi connectivity index (χ1n) is 9.60. The van der Waals surface area contributed by atoms with Crippen LogP contribution in [0.5, 0.6) is 11.5 Å². The molecule has 27 heavy (non-hydrogen) atoms. The number of benzene rings is 2. The maximum absolute atomic E-state index is 12.8. The quantitative estimate of drug-likeness (QED) is 0.831. The van der Waals surface area contributed by atoms with Crippen LogP contribution in [-0.2, 0) is 6.54 Å². The molecule has 0 aromatic heterocycles. The van der Waals surface area contributed by atoms with Gasteiger partial charge in [-0.2, -0.15) is 0 Å². The number of ether oxygens (including phenoxy) is 2. The van der Waals surface area contributed by atoms with Gasteiger partial charge in [-0.3, -0.25) is 9.69 Å². The van der Waals surface area contributed by atoms with E-state index in [9.17, 15) is 4.79 Å².